The van der Waals surface area contributed by atoms with Crippen molar-refractivity contribution in [2.24, 2.45) is 0 Å². The van der Waals surface area contributed by atoms with Gasteiger partial charge in [0, 0.05) is 29.0 Å². The second-order valence-corrected chi connectivity index (χ2v) is 5.05. The van der Waals surface area contributed by atoms with Crippen molar-refractivity contribution in [3.8, 4) is 0 Å². The number of hydrogen-bond donors (Lipinski definition) is 1. The first-order valence-electron chi connectivity index (χ1n) is 6.87. The van der Waals surface area contributed by atoms with Crippen LogP contribution in [0.5, 0.6) is 0 Å². The van der Waals surface area contributed by atoms with E-state index in [1.165, 1.54) is 18.2 Å². The molecule has 0 atom stereocenters. The second kappa shape index (κ2) is 6.83. The number of aryl methyl sites for hydroxylation is 1. The minimum Gasteiger partial charge on any atom is -0.322 e. The van der Waals surface area contributed by atoms with Crippen molar-refractivity contribution in [2.45, 2.75) is 13.8 Å². The van der Waals surface area contributed by atoms with E-state index < -0.39 is 16.6 Å². The van der Waals surface area contributed by atoms with Gasteiger partial charge >= 0.3 is 0 Å². The van der Waals surface area contributed by atoms with E-state index in [-0.39, 0.29) is 5.69 Å². The molecule has 0 bridgehead atoms. The van der Waals surface area contributed by atoms with Crippen LogP contribution in [0.4, 0.5) is 15.8 Å². The molecular formula is C17H15FN2O3. The summed E-state index contributed by atoms with van der Waals surface area (Å²) in [7, 11) is 0. The smallest absolute Gasteiger partial charge is 0.274 e. The first-order chi connectivity index (χ1) is 10.9. The minimum absolute atomic E-state index is 0.0717. The minimum atomic E-state index is -0.509. The largest absolute Gasteiger partial charge is 0.322 e. The van der Waals surface area contributed by atoms with Gasteiger partial charge in [-0.15, -0.1) is 0 Å². The Balaban J connectivity index is 2.20. The number of carbonyl (C=O) groups is 1. The van der Waals surface area contributed by atoms with Crippen LogP contribution in [0.3, 0.4) is 0 Å². The van der Waals surface area contributed by atoms with Crippen LogP contribution in [0.1, 0.15) is 18.1 Å². The van der Waals surface area contributed by atoms with E-state index in [4.69, 9.17) is 0 Å². The Morgan fingerprint density at radius 1 is 1.26 bits per heavy atom. The third-order valence-corrected chi connectivity index (χ3v) is 3.32. The maximum absolute atomic E-state index is 13.7. The summed E-state index contributed by atoms with van der Waals surface area (Å²) >= 11 is 0. The summed E-state index contributed by atoms with van der Waals surface area (Å²) in [5.41, 5.74) is 1.54. The molecule has 0 unspecified atom stereocenters. The number of nitrogens with one attached hydrogen (secondary N) is 1. The molecule has 23 heavy (non-hydrogen) atoms. The molecule has 0 aliphatic rings. The lowest BCUT2D eigenvalue weighted by molar-refractivity contribution is -0.385. The summed E-state index contributed by atoms with van der Waals surface area (Å²) in [6.45, 7) is 3.24. The number of allylic oxidation sites excluding steroid dienone is 1. The highest BCUT2D eigenvalue weighted by Gasteiger charge is 2.12. The molecule has 1 amide bonds. The zero-order valence-electron chi connectivity index (χ0n) is 12.7. The first-order valence-corrected chi connectivity index (χ1v) is 6.87. The number of benzene rings is 2. The van der Waals surface area contributed by atoms with Gasteiger partial charge in [-0.05, 0) is 31.6 Å². The van der Waals surface area contributed by atoms with Gasteiger partial charge in [-0.2, -0.15) is 0 Å². The highest BCUT2D eigenvalue weighted by molar-refractivity contribution is 6.04. The number of anilines is 1. The highest BCUT2D eigenvalue weighted by atomic mass is 19.1. The zero-order chi connectivity index (χ0) is 17.0. The van der Waals surface area contributed by atoms with Crippen LogP contribution in [0.25, 0.3) is 5.57 Å². The standard InChI is InChI=1S/C17H15FN2O3/c1-11-7-8-13(10-16(11)20(22)23)19-17(21)9-12(2)14-5-3-4-6-15(14)18/h3-10H,1-2H3,(H,19,21). The van der Waals surface area contributed by atoms with Crippen LogP contribution in [0, 0.1) is 22.9 Å². The van der Waals surface area contributed by atoms with Gasteiger partial charge in [-0.25, -0.2) is 4.39 Å². The molecule has 0 spiro atoms. The molecule has 118 valence electrons. The summed E-state index contributed by atoms with van der Waals surface area (Å²) in [6.07, 6.45) is 1.25. The molecule has 0 radical (unpaired) electrons. The quantitative estimate of drug-likeness (QED) is 0.525. The third kappa shape index (κ3) is 4.00. The van der Waals surface area contributed by atoms with Crippen LogP contribution in [-0.4, -0.2) is 10.8 Å². The lowest BCUT2D eigenvalue weighted by Gasteiger charge is -2.06. The van der Waals surface area contributed by atoms with Crippen molar-refractivity contribution in [1.29, 1.82) is 0 Å². The van der Waals surface area contributed by atoms with E-state index in [2.05, 4.69) is 5.32 Å². The number of halogens is 1. The molecule has 2 rings (SSSR count). The fourth-order valence-corrected chi connectivity index (χ4v) is 2.12. The Hall–Kier alpha value is -3.02. The van der Waals surface area contributed by atoms with Gasteiger partial charge in [0.05, 0.1) is 4.92 Å². The number of hydrogen-bond acceptors (Lipinski definition) is 3. The molecule has 0 fully saturated rings. The Morgan fingerprint density at radius 2 is 1.96 bits per heavy atom. The fourth-order valence-electron chi connectivity index (χ4n) is 2.12. The van der Waals surface area contributed by atoms with E-state index in [1.807, 2.05) is 0 Å². The highest BCUT2D eigenvalue weighted by Crippen LogP contribution is 2.23. The van der Waals surface area contributed by atoms with E-state index in [1.54, 1.807) is 44.2 Å². The van der Waals surface area contributed by atoms with Crippen molar-refractivity contribution in [3.05, 3.63) is 75.6 Å². The van der Waals surface area contributed by atoms with E-state index in [9.17, 15) is 19.3 Å². The van der Waals surface area contributed by atoms with Crippen molar-refractivity contribution >= 4 is 22.9 Å². The molecule has 0 heterocycles. The van der Waals surface area contributed by atoms with E-state index in [0.717, 1.165) is 0 Å². The summed E-state index contributed by atoms with van der Waals surface area (Å²) in [6, 6.07) is 10.6. The average Bonchev–Trinajstić information content (AvgIpc) is 2.49. The van der Waals surface area contributed by atoms with Crippen molar-refractivity contribution in [2.75, 3.05) is 5.32 Å². The average molecular weight is 314 g/mol. The maximum atomic E-state index is 13.7. The van der Waals surface area contributed by atoms with Gasteiger partial charge in [-0.1, -0.05) is 24.3 Å². The van der Waals surface area contributed by atoms with E-state index in [0.29, 0.717) is 22.4 Å². The predicted molar refractivity (Wildman–Crippen MR) is 86.5 cm³/mol. The molecule has 0 aromatic heterocycles. The predicted octanol–water partition coefficient (Wildman–Crippen LogP) is 4.08. The van der Waals surface area contributed by atoms with Gasteiger partial charge in [0.1, 0.15) is 5.82 Å². The number of nitro benzene ring substituents is 1. The zero-order valence-corrected chi connectivity index (χ0v) is 12.7. The summed E-state index contributed by atoms with van der Waals surface area (Å²) in [4.78, 5) is 22.4. The first kappa shape index (κ1) is 16.4. The number of nitro groups is 1. The second-order valence-electron chi connectivity index (χ2n) is 5.05. The van der Waals surface area contributed by atoms with Gasteiger partial charge < -0.3 is 5.32 Å². The Labute approximate surface area is 132 Å². The Bertz CT molecular complexity index is 800. The fraction of sp³-hybridized carbons (Fsp3) is 0.118. The number of amides is 1. The van der Waals surface area contributed by atoms with Crippen LogP contribution >= 0.6 is 0 Å². The number of nitrogens with zero attached hydrogens (tertiary/aromatic N) is 1. The molecule has 2 aromatic carbocycles. The van der Waals surface area contributed by atoms with Crippen molar-refractivity contribution in [1.82, 2.24) is 0 Å². The molecular weight excluding hydrogens is 299 g/mol. The molecule has 0 aliphatic heterocycles. The lowest BCUT2D eigenvalue weighted by Crippen LogP contribution is -2.09. The molecule has 5 nitrogen and oxygen atoms in total. The molecule has 0 saturated carbocycles. The SMILES string of the molecule is CC(=CC(=O)Nc1ccc(C)c([N+](=O)[O-])c1)c1ccccc1F. The topological polar surface area (TPSA) is 72.2 Å². The van der Waals surface area contributed by atoms with Crippen LogP contribution in [-0.2, 0) is 4.79 Å². The third-order valence-electron chi connectivity index (χ3n) is 3.32. The van der Waals surface area contributed by atoms with Crippen molar-refractivity contribution < 1.29 is 14.1 Å². The molecule has 6 heteroatoms. The summed E-state index contributed by atoms with van der Waals surface area (Å²) in [5.74, 6) is -0.899. The van der Waals surface area contributed by atoms with Crippen LogP contribution in [0.2, 0.25) is 0 Å². The number of carbonyl (C=O) groups excluding carboxylic acids is 1. The summed E-state index contributed by atoms with van der Waals surface area (Å²) < 4.78 is 13.7. The van der Waals surface area contributed by atoms with Gasteiger partial charge in [0.15, 0.2) is 0 Å². The molecule has 2 aromatic rings. The number of rotatable bonds is 4. The molecule has 0 saturated heterocycles. The maximum Gasteiger partial charge on any atom is 0.274 e. The Morgan fingerprint density at radius 3 is 2.61 bits per heavy atom. The van der Waals surface area contributed by atoms with Gasteiger partial charge in [0.2, 0.25) is 5.91 Å². The van der Waals surface area contributed by atoms with Crippen LogP contribution < -0.4 is 5.32 Å². The normalized spacial score (nSPS) is 11.2. The monoisotopic (exact) mass is 314 g/mol. The van der Waals surface area contributed by atoms with Crippen molar-refractivity contribution in [3.63, 3.8) is 0 Å². The lowest BCUT2D eigenvalue weighted by atomic mass is 10.1. The molecule has 1 N–H and O–H groups in total. The molecule has 0 aliphatic carbocycles. The Kier molecular flexibility index (Phi) is 4.85. The van der Waals surface area contributed by atoms with Gasteiger partial charge in [-0.3, -0.25) is 14.9 Å². The van der Waals surface area contributed by atoms with Gasteiger partial charge in [0.25, 0.3) is 5.69 Å². The van der Waals surface area contributed by atoms with Crippen LogP contribution in [0.15, 0.2) is 48.5 Å². The summed E-state index contributed by atoms with van der Waals surface area (Å²) in [5, 5.41) is 13.4. The van der Waals surface area contributed by atoms with E-state index >= 15 is 0 Å².